The monoisotopic (exact) mass is 210 g/mol. The van der Waals surface area contributed by atoms with Crippen LogP contribution >= 0.6 is 11.6 Å². The Morgan fingerprint density at radius 1 is 1.57 bits per heavy atom. The molecule has 0 aromatic heterocycles. The molecule has 0 aliphatic carbocycles. The van der Waals surface area contributed by atoms with E-state index in [1.54, 1.807) is 24.3 Å². The van der Waals surface area contributed by atoms with Crippen molar-refractivity contribution in [1.29, 1.82) is 5.26 Å². The van der Waals surface area contributed by atoms with E-state index >= 15 is 0 Å². The van der Waals surface area contributed by atoms with Gasteiger partial charge in [-0.05, 0) is 12.1 Å². The molecule has 0 fully saturated rings. The normalized spacial score (nSPS) is 8.86. The molecule has 0 unspecified atom stereocenters. The van der Waals surface area contributed by atoms with Gasteiger partial charge < -0.3 is 4.74 Å². The molecule has 0 heterocycles. The first-order valence-electron chi connectivity index (χ1n) is 3.77. The first kappa shape index (κ1) is 10.4. The molecule has 72 valence electrons. The highest BCUT2D eigenvalue weighted by molar-refractivity contribution is 6.17. The Hall–Kier alpha value is -1.73. The Labute approximate surface area is 86.0 Å². The van der Waals surface area contributed by atoms with Crippen LogP contribution in [-0.2, 0) is 4.74 Å². The van der Waals surface area contributed by atoms with E-state index in [9.17, 15) is 4.79 Å². The summed E-state index contributed by atoms with van der Waals surface area (Å²) in [7, 11) is 0. The van der Waals surface area contributed by atoms with Crippen LogP contribution in [0.1, 0.15) is 5.56 Å². The third-order valence-electron chi connectivity index (χ3n) is 1.47. The van der Waals surface area contributed by atoms with Crippen molar-refractivity contribution >= 4 is 23.4 Å². The molecule has 0 saturated carbocycles. The number of rotatable bonds is 2. The van der Waals surface area contributed by atoms with Crippen LogP contribution in [0.4, 0.5) is 10.5 Å². The van der Waals surface area contributed by atoms with Crippen LogP contribution in [0.5, 0.6) is 0 Å². The summed E-state index contributed by atoms with van der Waals surface area (Å²) in [5.74, 6) is 0. The van der Waals surface area contributed by atoms with Crippen LogP contribution in [0.2, 0.25) is 0 Å². The van der Waals surface area contributed by atoms with Gasteiger partial charge in [-0.25, -0.2) is 4.79 Å². The largest absolute Gasteiger partial charge is 0.433 e. The number of nitrogens with one attached hydrogen (secondary N) is 1. The van der Waals surface area contributed by atoms with Gasteiger partial charge in [-0.15, -0.1) is 0 Å². The molecule has 5 heteroatoms. The molecule has 1 aromatic carbocycles. The van der Waals surface area contributed by atoms with E-state index in [2.05, 4.69) is 10.1 Å². The third kappa shape index (κ3) is 2.64. The van der Waals surface area contributed by atoms with E-state index in [0.29, 0.717) is 11.3 Å². The maximum Gasteiger partial charge on any atom is 0.412 e. The minimum Gasteiger partial charge on any atom is -0.433 e. The zero-order chi connectivity index (χ0) is 10.4. The maximum absolute atomic E-state index is 11.0. The van der Waals surface area contributed by atoms with Crippen LogP contribution in [0, 0.1) is 11.3 Å². The number of amides is 1. The standard InChI is InChI=1S/C9H7ClN2O2/c10-6-14-9(13)12-8-4-2-1-3-7(8)5-11/h1-4H,6H2,(H,12,13). The van der Waals surface area contributed by atoms with E-state index < -0.39 is 6.09 Å². The summed E-state index contributed by atoms with van der Waals surface area (Å²) in [5, 5.41) is 11.1. The summed E-state index contributed by atoms with van der Waals surface area (Å²) in [5.41, 5.74) is 0.782. The molecule has 1 rings (SSSR count). The number of hydrogen-bond donors (Lipinski definition) is 1. The van der Waals surface area contributed by atoms with Crippen LogP contribution in [-0.4, -0.2) is 12.2 Å². The lowest BCUT2D eigenvalue weighted by molar-refractivity contribution is 0.180. The van der Waals surface area contributed by atoms with Gasteiger partial charge in [0.15, 0.2) is 6.07 Å². The SMILES string of the molecule is N#Cc1ccccc1NC(=O)OCCl. The molecule has 0 saturated heterocycles. The summed E-state index contributed by atoms with van der Waals surface area (Å²) in [6, 6.07) is 8.33. The van der Waals surface area contributed by atoms with E-state index in [1.807, 2.05) is 6.07 Å². The van der Waals surface area contributed by atoms with Crippen LogP contribution in [0.3, 0.4) is 0 Å². The molecule has 0 bridgehead atoms. The first-order valence-corrected chi connectivity index (χ1v) is 4.30. The topological polar surface area (TPSA) is 62.1 Å². The number of carbonyl (C=O) groups excluding carboxylic acids is 1. The molecule has 1 aromatic rings. The Bertz CT molecular complexity index is 373. The second-order valence-electron chi connectivity index (χ2n) is 2.32. The van der Waals surface area contributed by atoms with Gasteiger partial charge in [0, 0.05) is 0 Å². The van der Waals surface area contributed by atoms with Crippen molar-refractivity contribution in [2.24, 2.45) is 0 Å². The number of benzene rings is 1. The fraction of sp³-hybridized carbons (Fsp3) is 0.111. The number of para-hydroxylation sites is 1. The molecule has 1 N–H and O–H groups in total. The maximum atomic E-state index is 11.0. The van der Waals surface area contributed by atoms with Crippen LogP contribution < -0.4 is 5.32 Å². The molecule has 0 atom stereocenters. The number of halogens is 1. The lowest BCUT2D eigenvalue weighted by Crippen LogP contribution is -2.13. The molecule has 0 spiro atoms. The highest BCUT2D eigenvalue weighted by atomic mass is 35.5. The third-order valence-corrected chi connectivity index (χ3v) is 1.58. The molecule has 0 aliphatic heterocycles. The predicted molar refractivity (Wildman–Crippen MR) is 52.0 cm³/mol. The van der Waals surface area contributed by atoms with Gasteiger partial charge in [0.05, 0.1) is 11.3 Å². The van der Waals surface area contributed by atoms with Gasteiger partial charge in [-0.2, -0.15) is 5.26 Å². The highest BCUT2D eigenvalue weighted by Crippen LogP contribution is 2.13. The van der Waals surface area contributed by atoms with Gasteiger partial charge in [0.2, 0.25) is 0 Å². The Morgan fingerprint density at radius 2 is 2.29 bits per heavy atom. The fourth-order valence-electron chi connectivity index (χ4n) is 0.885. The Balaban J connectivity index is 2.77. The zero-order valence-electron chi connectivity index (χ0n) is 7.16. The van der Waals surface area contributed by atoms with Gasteiger partial charge in [0.25, 0.3) is 0 Å². The fourth-order valence-corrected chi connectivity index (χ4v) is 0.984. The molecule has 14 heavy (non-hydrogen) atoms. The van der Waals surface area contributed by atoms with Crippen molar-refractivity contribution in [3.8, 4) is 6.07 Å². The van der Waals surface area contributed by atoms with Crippen molar-refractivity contribution in [2.45, 2.75) is 0 Å². The lowest BCUT2D eigenvalue weighted by Gasteiger charge is -2.05. The van der Waals surface area contributed by atoms with E-state index in [1.165, 1.54) is 0 Å². The summed E-state index contributed by atoms with van der Waals surface area (Å²) in [6.45, 7) is 0. The van der Waals surface area contributed by atoms with E-state index in [0.717, 1.165) is 0 Å². The van der Waals surface area contributed by atoms with Gasteiger partial charge >= 0.3 is 6.09 Å². The van der Waals surface area contributed by atoms with Crippen LogP contribution in [0.15, 0.2) is 24.3 Å². The number of alkyl halides is 1. The highest BCUT2D eigenvalue weighted by Gasteiger charge is 2.05. The smallest absolute Gasteiger partial charge is 0.412 e. The van der Waals surface area contributed by atoms with Gasteiger partial charge in [0.1, 0.15) is 6.07 Å². The minimum absolute atomic E-state index is 0.222. The summed E-state index contributed by atoms with van der Waals surface area (Å²) < 4.78 is 4.45. The molecule has 1 amide bonds. The summed E-state index contributed by atoms with van der Waals surface area (Å²) in [4.78, 5) is 11.0. The van der Waals surface area contributed by atoms with E-state index in [4.69, 9.17) is 16.9 Å². The number of ether oxygens (including phenoxy) is 1. The number of anilines is 1. The van der Waals surface area contributed by atoms with Crippen molar-refractivity contribution < 1.29 is 9.53 Å². The number of nitriles is 1. The van der Waals surface area contributed by atoms with E-state index in [-0.39, 0.29) is 6.07 Å². The quantitative estimate of drug-likeness (QED) is 0.762. The lowest BCUT2D eigenvalue weighted by atomic mass is 10.2. The number of hydrogen-bond acceptors (Lipinski definition) is 3. The Morgan fingerprint density at radius 3 is 2.93 bits per heavy atom. The summed E-state index contributed by atoms with van der Waals surface area (Å²) >= 11 is 5.19. The summed E-state index contributed by atoms with van der Waals surface area (Å²) in [6.07, 6.45) is -0.678. The second-order valence-corrected chi connectivity index (χ2v) is 2.54. The predicted octanol–water partition coefficient (Wildman–Crippen LogP) is 2.30. The van der Waals surface area contributed by atoms with Gasteiger partial charge in [-0.1, -0.05) is 23.7 Å². The van der Waals surface area contributed by atoms with Crippen molar-refractivity contribution in [3.63, 3.8) is 0 Å². The molecular weight excluding hydrogens is 204 g/mol. The first-order chi connectivity index (χ1) is 6.77. The molecular formula is C9H7ClN2O2. The van der Waals surface area contributed by atoms with Crippen LogP contribution in [0.25, 0.3) is 0 Å². The minimum atomic E-state index is -0.678. The zero-order valence-corrected chi connectivity index (χ0v) is 7.91. The molecule has 0 aliphatic rings. The number of carbonyl (C=O) groups is 1. The van der Waals surface area contributed by atoms with Crippen molar-refractivity contribution in [2.75, 3.05) is 11.4 Å². The van der Waals surface area contributed by atoms with Crippen molar-refractivity contribution in [3.05, 3.63) is 29.8 Å². The molecule has 0 radical (unpaired) electrons. The van der Waals surface area contributed by atoms with Gasteiger partial charge in [-0.3, -0.25) is 5.32 Å². The molecule has 4 nitrogen and oxygen atoms in total. The Kier molecular flexibility index (Phi) is 3.77. The number of nitrogens with zero attached hydrogens (tertiary/aromatic N) is 1. The average molecular weight is 211 g/mol. The second kappa shape index (κ2) is 5.10. The van der Waals surface area contributed by atoms with Crippen molar-refractivity contribution in [1.82, 2.24) is 0 Å². The average Bonchev–Trinajstić information content (AvgIpc) is 2.19.